The van der Waals surface area contributed by atoms with Crippen molar-refractivity contribution in [3.63, 3.8) is 0 Å². The van der Waals surface area contributed by atoms with E-state index in [1.165, 1.54) is 10.8 Å². The Kier molecular flexibility index (Phi) is 6.61. The third-order valence-corrected chi connectivity index (χ3v) is 11.0. The monoisotopic (exact) mass is 699 g/mol. The Bertz CT molecular complexity index is 3420. The molecule has 0 unspecified atom stereocenters. The molecule has 0 atom stereocenters. The first-order chi connectivity index (χ1) is 27.2. The van der Waals surface area contributed by atoms with Gasteiger partial charge in [-0.25, -0.2) is 0 Å². The SMILES string of the molecule is N#Cc1cc(-c2cccc(-n3c4ccccc4c4cc(C#N)ccc43)c2)cc(-n2c3ccccc3c3cccc(-n4c5ccccc5c5ccccc54)c32)c1. The van der Waals surface area contributed by atoms with E-state index in [1.807, 2.05) is 36.4 Å². The van der Waals surface area contributed by atoms with Crippen LogP contribution in [0.1, 0.15) is 11.1 Å². The minimum Gasteiger partial charge on any atom is -0.309 e. The van der Waals surface area contributed by atoms with Gasteiger partial charge in [-0.05, 0) is 90.0 Å². The summed E-state index contributed by atoms with van der Waals surface area (Å²) < 4.78 is 6.97. The topological polar surface area (TPSA) is 62.4 Å². The fraction of sp³-hybridized carbons (Fsp3) is 0. The summed E-state index contributed by atoms with van der Waals surface area (Å²) in [6.07, 6.45) is 0. The number of hydrogen-bond donors (Lipinski definition) is 0. The van der Waals surface area contributed by atoms with Gasteiger partial charge in [-0.3, -0.25) is 0 Å². The Morgan fingerprint density at radius 3 is 1.53 bits per heavy atom. The van der Waals surface area contributed by atoms with Gasteiger partial charge >= 0.3 is 0 Å². The fourth-order valence-corrected chi connectivity index (χ4v) is 8.75. The first kappa shape index (κ1) is 30.7. The van der Waals surface area contributed by atoms with E-state index < -0.39 is 0 Å². The summed E-state index contributed by atoms with van der Waals surface area (Å²) in [7, 11) is 0. The first-order valence-corrected chi connectivity index (χ1v) is 18.3. The van der Waals surface area contributed by atoms with E-state index in [4.69, 9.17) is 0 Å². The molecule has 55 heavy (non-hydrogen) atoms. The molecule has 0 saturated carbocycles. The lowest BCUT2D eigenvalue weighted by molar-refractivity contribution is 1.13. The van der Waals surface area contributed by atoms with Gasteiger partial charge in [0, 0.05) is 43.7 Å². The summed E-state index contributed by atoms with van der Waals surface area (Å²) in [4.78, 5) is 0. The molecule has 0 amide bonds. The van der Waals surface area contributed by atoms with Gasteiger partial charge in [-0.15, -0.1) is 0 Å². The lowest BCUT2D eigenvalue weighted by Gasteiger charge is -2.16. The Balaban J connectivity index is 1.16. The number of nitriles is 2. The van der Waals surface area contributed by atoms with E-state index in [0.717, 1.165) is 82.8 Å². The average molecular weight is 700 g/mol. The molecule has 3 aromatic heterocycles. The Labute approximate surface area is 316 Å². The number of nitrogens with zero attached hydrogens (tertiary/aromatic N) is 5. The van der Waals surface area contributed by atoms with Gasteiger partial charge in [0.25, 0.3) is 0 Å². The van der Waals surface area contributed by atoms with Gasteiger partial charge in [0.1, 0.15) is 0 Å². The number of para-hydroxylation sites is 5. The van der Waals surface area contributed by atoms with Gasteiger partial charge in [-0.1, -0.05) is 97.1 Å². The zero-order valence-corrected chi connectivity index (χ0v) is 29.5. The van der Waals surface area contributed by atoms with Crippen molar-refractivity contribution >= 4 is 65.4 Å². The second-order valence-electron chi connectivity index (χ2n) is 14.0. The highest BCUT2D eigenvalue weighted by molar-refractivity contribution is 6.15. The van der Waals surface area contributed by atoms with Crippen LogP contribution in [0.3, 0.4) is 0 Å². The molecule has 0 aliphatic heterocycles. The Morgan fingerprint density at radius 1 is 0.327 bits per heavy atom. The minimum atomic E-state index is 0.582. The molecule has 254 valence electrons. The van der Waals surface area contributed by atoms with Crippen molar-refractivity contribution in [1.29, 1.82) is 10.5 Å². The lowest BCUT2D eigenvalue weighted by Crippen LogP contribution is -2.01. The quantitative estimate of drug-likeness (QED) is 0.184. The van der Waals surface area contributed by atoms with E-state index in [1.54, 1.807) is 0 Å². The van der Waals surface area contributed by atoms with Gasteiger partial charge in [0.05, 0.1) is 62.1 Å². The highest BCUT2D eigenvalue weighted by Gasteiger charge is 2.21. The molecule has 0 saturated heterocycles. The van der Waals surface area contributed by atoms with Crippen LogP contribution in [-0.4, -0.2) is 13.7 Å². The van der Waals surface area contributed by atoms with Gasteiger partial charge < -0.3 is 13.7 Å². The normalized spacial score (nSPS) is 11.6. The Hall–Kier alpha value is -7.86. The van der Waals surface area contributed by atoms with Crippen molar-refractivity contribution < 1.29 is 0 Å². The molecule has 0 radical (unpaired) electrons. The second kappa shape index (κ2) is 11.8. The van der Waals surface area contributed by atoms with Crippen LogP contribution in [0.25, 0.3) is 93.6 Å². The van der Waals surface area contributed by atoms with Crippen molar-refractivity contribution in [3.8, 4) is 40.3 Å². The first-order valence-electron chi connectivity index (χ1n) is 18.3. The summed E-state index contributed by atoms with van der Waals surface area (Å²) >= 11 is 0. The van der Waals surface area contributed by atoms with Crippen LogP contribution in [-0.2, 0) is 0 Å². The van der Waals surface area contributed by atoms with E-state index in [-0.39, 0.29) is 0 Å². The van der Waals surface area contributed by atoms with Crippen molar-refractivity contribution in [2.24, 2.45) is 0 Å². The lowest BCUT2D eigenvalue weighted by atomic mass is 10.0. The number of hydrogen-bond acceptors (Lipinski definition) is 2. The molecular weight excluding hydrogens is 671 g/mol. The molecule has 5 nitrogen and oxygen atoms in total. The van der Waals surface area contributed by atoms with Crippen LogP contribution in [0, 0.1) is 22.7 Å². The predicted octanol–water partition coefficient (Wildman–Crippen LogP) is 12.4. The number of fused-ring (bicyclic) bond motifs is 9. The van der Waals surface area contributed by atoms with E-state index in [0.29, 0.717) is 11.1 Å². The van der Waals surface area contributed by atoms with Crippen molar-refractivity contribution in [3.05, 3.63) is 187 Å². The largest absolute Gasteiger partial charge is 0.309 e. The second-order valence-corrected chi connectivity index (χ2v) is 14.0. The molecule has 0 N–H and O–H groups in total. The van der Waals surface area contributed by atoms with E-state index >= 15 is 0 Å². The number of aromatic nitrogens is 3. The third-order valence-electron chi connectivity index (χ3n) is 11.0. The maximum absolute atomic E-state index is 10.5. The van der Waals surface area contributed by atoms with E-state index in [9.17, 15) is 10.5 Å². The molecule has 11 rings (SSSR count). The summed E-state index contributed by atoms with van der Waals surface area (Å²) in [5.41, 5.74) is 12.7. The van der Waals surface area contributed by atoms with Crippen LogP contribution in [0.2, 0.25) is 0 Å². The number of rotatable bonds is 4. The zero-order chi connectivity index (χ0) is 36.6. The molecule has 0 fully saturated rings. The minimum absolute atomic E-state index is 0.582. The molecular formula is C50H29N5. The number of benzene rings is 8. The molecule has 5 heteroatoms. The highest BCUT2D eigenvalue weighted by Crippen LogP contribution is 2.41. The molecule has 0 aliphatic rings. The molecule has 0 aliphatic carbocycles. The van der Waals surface area contributed by atoms with Gasteiger partial charge in [0.15, 0.2) is 0 Å². The van der Waals surface area contributed by atoms with Crippen LogP contribution in [0.5, 0.6) is 0 Å². The maximum Gasteiger partial charge on any atom is 0.0992 e. The van der Waals surface area contributed by atoms with Crippen molar-refractivity contribution in [2.45, 2.75) is 0 Å². The molecule has 3 heterocycles. The van der Waals surface area contributed by atoms with Crippen LogP contribution in [0.4, 0.5) is 0 Å². The average Bonchev–Trinajstić information content (AvgIpc) is 3.89. The molecule has 8 aromatic carbocycles. The summed E-state index contributed by atoms with van der Waals surface area (Å²) in [6.45, 7) is 0. The fourth-order valence-electron chi connectivity index (χ4n) is 8.75. The predicted molar refractivity (Wildman–Crippen MR) is 224 cm³/mol. The van der Waals surface area contributed by atoms with Gasteiger partial charge in [-0.2, -0.15) is 10.5 Å². The van der Waals surface area contributed by atoms with E-state index in [2.05, 4.69) is 165 Å². The van der Waals surface area contributed by atoms with Crippen molar-refractivity contribution in [1.82, 2.24) is 13.7 Å². The zero-order valence-electron chi connectivity index (χ0n) is 29.5. The molecule has 11 aromatic rings. The van der Waals surface area contributed by atoms with Crippen molar-refractivity contribution in [2.75, 3.05) is 0 Å². The Morgan fingerprint density at radius 2 is 0.855 bits per heavy atom. The highest BCUT2D eigenvalue weighted by atomic mass is 15.1. The third kappa shape index (κ3) is 4.51. The van der Waals surface area contributed by atoms with Crippen LogP contribution < -0.4 is 0 Å². The smallest absolute Gasteiger partial charge is 0.0992 e. The summed E-state index contributed by atoms with van der Waals surface area (Å²) in [5.74, 6) is 0. The summed E-state index contributed by atoms with van der Waals surface area (Å²) in [6, 6.07) is 66.0. The standard InChI is InChI=1S/C50H29N5/c51-30-32-23-24-48-43(27-32)41-16-4-5-18-44(41)53(48)36-12-9-11-34(28-36)35-25-33(31-52)26-37(29-35)54-45-19-6-3-15-40(45)42-17-10-22-49(50(42)54)55-46-20-7-1-13-38(46)39-14-2-8-21-47(39)55/h1-29H. The molecule has 0 spiro atoms. The molecule has 0 bridgehead atoms. The van der Waals surface area contributed by atoms with Gasteiger partial charge in [0.2, 0.25) is 0 Å². The van der Waals surface area contributed by atoms with Crippen LogP contribution >= 0.6 is 0 Å². The van der Waals surface area contributed by atoms with Crippen LogP contribution in [0.15, 0.2) is 176 Å². The maximum atomic E-state index is 10.5. The summed E-state index contributed by atoms with van der Waals surface area (Å²) in [5, 5.41) is 27.0.